The first-order chi connectivity index (χ1) is 17.0. The number of hydrogen-bond acceptors (Lipinski definition) is 6. The third-order valence-electron chi connectivity index (χ3n) is 5.98. The van der Waals surface area contributed by atoms with Gasteiger partial charge in [0.25, 0.3) is 5.91 Å². The number of fused-ring (bicyclic) bond motifs is 1. The average molecular weight is 475 g/mol. The topological polar surface area (TPSA) is 95.1 Å². The molecule has 8 heteroatoms. The van der Waals surface area contributed by atoms with Crippen LogP contribution in [0.4, 0.5) is 10.5 Å². The standard InChI is InChI=1S/C27H26N2O6/c1-17-7-9-18(10-8-17)26(30)29-22-15-32-25-23(16-33-24(22)25)35-27(31)28-19-11-13-21(14-12-19)34-20-5-3-2-4-6-20/h2-14,22-25H,15-16H2,1H3,(H,28,31)(H,29,30)/t22-,23-,24-,25+/m1/s1. The molecule has 2 heterocycles. The Labute approximate surface area is 203 Å². The lowest BCUT2D eigenvalue weighted by Gasteiger charge is -2.18. The SMILES string of the molecule is Cc1ccc(C(=O)N[C@@H]2CO[C@@H]3[C@@H]2OC[C@H]3OC(=O)Nc2ccc(Oc3ccccc3)cc2)cc1. The van der Waals surface area contributed by atoms with Crippen LogP contribution in [0.3, 0.4) is 0 Å². The molecule has 35 heavy (non-hydrogen) atoms. The first-order valence-corrected chi connectivity index (χ1v) is 11.5. The Morgan fingerprint density at radius 2 is 1.51 bits per heavy atom. The highest BCUT2D eigenvalue weighted by atomic mass is 16.6. The van der Waals surface area contributed by atoms with Crippen molar-refractivity contribution in [1.82, 2.24) is 5.32 Å². The number of rotatable bonds is 6. The maximum Gasteiger partial charge on any atom is 0.412 e. The Hall–Kier alpha value is -3.88. The lowest BCUT2D eigenvalue weighted by atomic mass is 10.1. The number of carbonyl (C=O) groups excluding carboxylic acids is 2. The van der Waals surface area contributed by atoms with Crippen LogP contribution in [0.2, 0.25) is 0 Å². The molecule has 2 aliphatic heterocycles. The summed E-state index contributed by atoms with van der Waals surface area (Å²) in [6.07, 6.45) is -1.99. The van der Waals surface area contributed by atoms with Gasteiger partial charge in [-0.15, -0.1) is 0 Å². The molecule has 2 fully saturated rings. The van der Waals surface area contributed by atoms with Gasteiger partial charge in [-0.05, 0) is 55.5 Å². The molecule has 0 saturated carbocycles. The van der Waals surface area contributed by atoms with E-state index >= 15 is 0 Å². The lowest BCUT2D eigenvalue weighted by molar-refractivity contribution is 0.00862. The fraction of sp³-hybridized carbons (Fsp3) is 0.259. The van der Waals surface area contributed by atoms with Gasteiger partial charge in [0.15, 0.2) is 6.10 Å². The summed E-state index contributed by atoms with van der Waals surface area (Å²) in [5, 5.41) is 5.68. The largest absolute Gasteiger partial charge is 0.457 e. The number of aryl methyl sites for hydroxylation is 1. The zero-order chi connectivity index (χ0) is 24.2. The second-order valence-corrected chi connectivity index (χ2v) is 8.55. The van der Waals surface area contributed by atoms with Crippen molar-refractivity contribution in [2.24, 2.45) is 0 Å². The molecular weight excluding hydrogens is 448 g/mol. The van der Waals surface area contributed by atoms with Gasteiger partial charge in [-0.25, -0.2) is 4.79 Å². The van der Waals surface area contributed by atoms with Gasteiger partial charge in [0.2, 0.25) is 0 Å². The van der Waals surface area contributed by atoms with Gasteiger partial charge in [0.1, 0.15) is 23.7 Å². The first-order valence-electron chi connectivity index (χ1n) is 11.5. The van der Waals surface area contributed by atoms with E-state index in [1.807, 2.05) is 49.4 Å². The summed E-state index contributed by atoms with van der Waals surface area (Å²) in [5.41, 5.74) is 2.23. The fourth-order valence-corrected chi connectivity index (χ4v) is 4.16. The number of nitrogens with one attached hydrogen (secondary N) is 2. The molecule has 3 aromatic rings. The Morgan fingerprint density at radius 1 is 0.829 bits per heavy atom. The highest BCUT2D eigenvalue weighted by Gasteiger charge is 2.50. The molecule has 0 spiro atoms. The minimum Gasteiger partial charge on any atom is -0.457 e. The first kappa shape index (κ1) is 22.9. The van der Waals surface area contributed by atoms with Crippen molar-refractivity contribution in [2.45, 2.75) is 31.3 Å². The zero-order valence-corrected chi connectivity index (χ0v) is 19.2. The molecule has 8 nitrogen and oxygen atoms in total. The quantitative estimate of drug-likeness (QED) is 0.553. The van der Waals surface area contributed by atoms with Crippen LogP contribution in [0.1, 0.15) is 15.9 Å². The Morgan fingerprint density at radius 3 is 2.26 bits per heavy atom. The molecule has 2 N–H and O–H groups in total. The van der Waals surface area contributed by atoms with Crippen molar-refractivity contribution >= 4 is 17.7 Å². The van der Waals surface area contributed by atoms with E-state index in [9.17, 15) is 9.59 Å². The van der Waals surface area contributed by atoms with E-state index in [-0.39, 0.29) is 31.3 Å². The predicted molar refractivity (Wildman–Crippen MR) is 129 cm³/mol. The van der Waals surface area contributed by atoms with E-state index in [2.05, 4.69) is 10.6 Å². The highest BCUT2D eigenvalue weighted by molar-refractivity contribution is 5.94. The molecule has 0 aliphatic carbocycles. The van der Waals surface area contributed by atoms with Gasteiger partial charge < -0.3 is 24.3 Å². The lowest BCUT2D eigenvalue weighted by Crippen LogP contribution is -2.44. The van der Waals surface area contributed by atoms with Crippen molar-refractivity contribution in [3.05, 3.63) is 90.0 Å². The van der Waals surface area contributed by atoms with Crippen LogP contribution in [0, 0.1) is 6.92 Å². The minimum atomic E-state index is -0.605. The minimum absolute atomic E-state index is 0.190. The fourth-order valence-electron chi connectivity index (χ4n) is 4.16. The monoisotopic (exact) mass is 474 g/mol. The van der Waals surface area contributed by atoms with Crippen LogP contribution < -0.4 is 15.4 Å². The number of anilines is 1. The van der Waals surface area contributed by atoms with E-state index in [0.29, 0.717) is 17.0 Å². The van der Waals surface area contributed by atoms with Gasteiger partial charge >= 0.3 is 6.09 Å². The van der Waals surface area contributed by atoms with Crippen LogP contribution in [0.25, 0.3) is 0 Å². The van der Waals surface area contributed by atoms with Crippen molar-refractivity contribution < 1.29 is 28.5 Å². The predicted octanol–water partition coefficient (Wildman–Crippen LogP) is 4.30. The summed E-state index contributed by atoms with van der Waals surface area (Å²) >= 11 is 0. The number of ether oxygens (including phenoxy) is 4. The molecule has 0 unspecified atom stereocenters. The number of amides is 2. The summed E-state index contributed by atoms with van der Waals surface area (Å²) in [7, 11) is 0. The van der Waals surface area contributed by atoms with Crippen LogP contribution in [-0.4, -0.2) is 49.6 Å². The van der Waals surface area contributed by atoms with Crippen LogP contribution >= 0.6 is 0 Å². The van der Waals surface area contributed by atoms with E-state index in [4.69, 9.17) is 18.9 Å². The van der Waals surface area contributed by atoms with Gasteiger partial charge in [0.05, 0.1) is 19.3 Å². The molecule has 180 valence electrons. The maximum absolute atomic E-state index is 12.6. The molecule has 0 radical (unpaired) electrons. The van der Waals surface area contributed by atoms with Gasteiger partial charge in [-0.1, -0.05) is 35.9 Å². The summed E-state index contributed by atoms with van der Waals surface area (Å²) < 4.78 is 23.0. The molecule has 0 bridgehead atoms. The second kappa shape index (κ2) is 10.2. The van der Waals surface area contributed by atoms with E-state index in [0.717, 1.165) is 11.3 Å². The molecule has 3 aromatic carbocycles. The third kappa shape index (κ3) is 5.45. The van der Waals surface area contributed by atoms with Crippen LogP contribution in [-0.2, 0) is 14.2 Å². The van der Waals surface area contributed by atoms with Gasteiger partial charge in [0, 0.05) is 11.3 Å². The van der Waals surface area contributed by atoms with Crippen molar-refractivity contribution in [3.63, 3.8) is 0 Å². The normalized spacial score (nSPS) is 22.8. The number of para-hydroxylation sites is 1. The third-order valence-corrected chi connectivity index (χ3v) is 5.98. The Kier molecular flexibility index (Phi) is 6.65. The number of hydrogen-bond donors (Lipinski definition) is 2. The maximum atomic E-state index is 12.6. The molecular formula is C27H26N2O6. The average Bonchev–Trinajstić information content (AvgIpc) is 3.44. The summed E-state index contributed by atoms with van der Waals surface area (Å²) in [4.78, 5) is 25.0. The molecule has 2 amide bonds. The van der Waals surface area contributed by atoms with Crippen LogP contribution in [0.5, 0.6) is 11.5 Å². The van der Waals surface area contributed by atoms with E-state index in [1.165, 1.54) is 0 Å². The van der Waals surface area contributed by atoms with E-state index in [1.54, 1.807) is 36.4 Å². The molecule has 5 rings (SSSR count). The Bertz CT molecular complexity index is 1170. The second-order valence-electron chi connectivity index (χ2n) is 8.55. The van der Waals surface area contributed by atoms with Crippen molar-refractivity contribution in [1.29, 1.82) is 0 Å². The molecule has 2 aliphatic rings. The van der Waals surface area contributed by atoms with E-state index < -0.39 is 18.3 Å². The van der Waals surface area contributed by atoms with Crippen LogP contribution in [0.15, 0.2) is 78.9 Å². The number of carbonyl (C=O) groups is 2. The van der Waals surface area contributed by atoms with Crippen molar-refractivity contribution in [3.8, 4) is 11.5 Å². The Balaban J connectivity index is 1.11. The highest BCUT2D eigenvalue weighted by Crippen LogP contribution is 2.30. The number of benzene rings is 3. The van der Waals surface area contributed by atoms with Gasteiger partial charge in [-0.3, -0.25) is 10.1 Å². The molecule has 2 saturated heterocycles. The smallest absolute Gasteiger partial charge is 0.412 e. The molecule has 0 aromatic heterocycles. The van der Waals surface area contributed by atoms with Gasteiger partial charge in [-0.2, -0.15) is 0 Å². The summed E-state index contributed by atoms with van der Waals surface area (Å²) in [6.45, 7) is 2.45. The van der Waals surface area contributed by atoms with Crippen molar-refractivity contribution in [2.75, 3.05) is 18.5 Å². The summed E-state index contributed by atoms with van der Waals surface area (Å²) in [6, 6.07) is 23.5. The molecule has 4 atom stereocenters. The zero-order valence-electron chi connectivity index (χ0n) is 19.2. The summed E-state index contributed by atoms with van der Waals surface area (Å²) in [5.74, 6) is 1.19.